The van der Waals surface area contributed by atoms with Crippen molar-refractivity contribution >= 4 is 10.9 Å². The van der Waals surface area contributed by atoms with Crippen LogP contribution in [-0.4, -0.2) is 9.97 Å². The first kappa shape index (κ1) is 12.8. The molecule has 106 valence electrons. The van der Waals surface area contributed by atoms with Crippen molar-refractivity contribution in [2.45, 2.75) is 6.92 Å². The van der Waals surface area contributed by atoms with E-state index < -0.39 is 0 Å². The molecule has 0 unspecified atom stereocenters. The lowest BCUT2D eigenvalue weighted by atomic mass is 9.96. The molecule has 2 aromatic carbocycles. The van der Waals surface area contributed by atoms with Crippen molar-refractivity contribution < 1.29 is 0 Å². The van der Waals surface area contributed by atoms with E-state index in [1.165, 1.54) is 27.6 Å². The van der Waals surface area contributed by atoms with Gasteiger partial charge in [0, 0.05) is 28.9 Å². The molecule has 0 fully saturated rings. The number of fused-ring (bicyclic) bond motifs is 1. The average Bonchev–Trinajstić information content (AvgIpc) is 3.03. The molecule has 2 aromatic heterocycles. The minimum Gasteiger partial charge on any atom is -0.361 e. The maximum atomic E-state index is 4.47. The third-order valence-electron chi connectivity index (χ3n) is 3.94. The first-order valence-corrected chi connectivity index (χ1v) is 7.41. The summed E-state index contributed by atoms with van der Waals surface area (Å²) in [5.74, 6) is 0. The monoisotopic (exact) mass is 284 g/mol. The minimum atomic E-state index is 1.01. The van der Waals surface area contributed by atoms with Gasteiger partial charge in [-0.3, -0.25) is 4.98 Å². The molecule has 0 amide bonds. The zero-order valence-corrected chi connectivity index (χ0v) is 12.4. The Morgan fingerprint density at radius 3 is 2.64 bits per heavy atom. The summed E-state index contributed by atoms with van der Waals surface area (Å²) in [7, 11) is 0. The second kappa shape index (κ2) is 5.15. The van der Waals surface area contributed by atoms with Crippen LogP contribution >= 0.6 is 0 Å². The third-order valence-corrected chi connectivity index (χ3v) is 3.94. The van der Waals surface area contributed by atoms with Gasteiger partial charge in [0.25, 0.3) is 0 Å². The Morgan fingerprint density at radius 2 is 1.77 bits per heavy atom. The Balaban J connectivity index is 1.93. The first-order chi connectivity index (χ1) is 10.8. The highest BCUT2D eigenvalue weighted by atomic mass is 14.7. The minimum absolute atomic E-state index is 1.01. The van der Waals surface area contributed by atoms with E-state index in [-0.39, 0.29) is 0 Å². The van der Waals surface area contributed by atoms with Gasteiger partial charge in [0.05, 0.1) is 5.69 Å². The Hall–Kier alpha value is -2.87. The zero-order chi connectivity index (χ0) is 14.9. The fourth-order valence-electron chi connectivity index (χ4n) is 2.96. The molecule has 4 aromatic rings. The van der Waals surface area contributed by atoms with E-state index >= 15 is 0 Å². The lowest BCUT2D eigenvalue weighted by Crippen LogP contribution is -1.87. The van der Waals surface area contributed by atoms with Crippen molar-refractivity contribution in [1.29, 1.82) is 0 Å². The van der Waals surface area contributed by atoms with Gasteiger partial charge in [-0.25, -0.2) is 0 Å². The largest absolute Gasteiger partial charge is 0.361 e. The molecule has 0 atom stereocenters. The highest BCUT2D eigenvalue weighted by molar-refractivity contribution is 5.95. The van der Waals surface area contributed by atoms with Crippen LogP contribution in [0.15, 0.2) is 73.1 Å². The number of aromatic nitrogens is 2. The van der Waals surface area contributed by atoms with Gasteiger partial charge >= 0.3 is 0 Å². The molecule has 0 radical (unpaired) electrons. The molecule has 0 aliphatic heterocycles. The zero-order valence-electron chi connectivity index (χ0n) is 12.4. The molecule has 0 saturated heterocycles. The van der Waals surface area contributed by atoms with Crippen LogP contribution in [0.4, 0.5) is 0 Å². The number of aromatic amines is 1. The Morgan fingerprint density at radius 1 is 0.864 bits per heavy atom. The highest BCUT2D eigenvalue weighted by Crippen LogP contribution is 2.31. The molecule has 0 bridgehead atoms. The quantitative estimate of drug-likeness (QED) is 0.538. The lowest BCUT2D eigenvalue weighted by Gasteiger charge is -2.09. The molecule has 2 nitrogen and oxygen atoms in total. The van der Waals surface area contributed by atoms with Crippen LogP contribution in [0.3, 0.4) is 0 Å². The van der Waals surface area contributed by atoms with Crippen LogP contribution in [0.25, 0.3) is 33.3 Å². The normalized spacial score (nSPS) is 11.0. The number of nitrogens with one attached hydrogen (secondary N) is 1. The molecule has 0 aliphatic carbocycles. The molecule has 2 heterocycles. The fourth-order valence-corrected chi connectivity index (χ4v) is 2.96. The first-order valence-electron chi connectivity index (χ1n) is 7.41. The number of hydrogen-bond donors (Lipinski definition) is 1. The molecular weight excluding hydrogens is 268 g/mol. The summed E-state index contributed by atoms with van der Waals surface area (Å²) in [5, 5.41) is 1.25. The Labute approximate surface area is 129 Å². The molecule has 4 rings (SSSR count). The maximum Gasteiger partial charge on any atom is 0.0702 e. The van der Waals surface area contributed by atoms with Gasteiger partial charge in [0.2, 0.25) is 0 Å². The van der Waals surface area contributed by atoms with Gasteiger partial charge in [-0.2, -0.15) is 0 Å². The predicted octanol–water partition coefficient (Wildman–Crippen LogP) is 5.21. The second-order valence-electron chi connectivity index (χ2n) is 5.55. The third kappa shape index (κ3) is 2.19. The summed E-state index contributed by atoms with van der Waals surface area (Å²) in [4.78, 5) is 7.75. The van der Waals surface area contributed by atoms with Gasteiger partial charge in [-0.1, -0.05) is 24.3 Å². The molecule has 0 aliphatic rings. The predicted molar refractivity (Wildman–Crippen MR) is 91.7 cm³/mol. The number of benzene rings is 2. The summed E-state index contributed by atoms with van der Waals surface area (Å²) >= 11 is 0. The van der Waals surface area contributed by atoms with Crippen LogP contribution < -0.4 is 0 Å². The van der Waals surface area contributed by atoms with Gasteiger partial charge in [0.15, 0.2) is 0 Å². The molecular formula is C20H16N2. The molecule has 22 heavy (non-hydrogen) atoms. The van der Waals surface area contributed by atoms with Crippen LogP contribution in [0.1, 0.15) is 5.56 Å². The summed E-state index contributed by atoms with van der Waals surface area (Å²) in [6, 6.07) is 21.2. The summed E-state index contributed by atoms with van der Waals surface area (Å²) in [6.07, 6.45) is 3.83. The fraction of sp³-hybridized carbons (Fsp3) is 0.0500. The van der Waals surface area contributed by atoms with Crippen LogP contribution in [-0.2, 0) is 0 Å². The standard InChI is InChI=1S/C20H16N2/c1-14-11-15(13-16(12-14)19-6-2-3-9-21-19)17-5-4-7-20-18(17)8-10-22-20/h2-13,22H,1H3. The molecule has 0 saturated carbocycles. The SMILES string of the molecule is Cc1cc(-c2ccccn2)cc(-c2cccc3[nH]ccc23)c1. The number of nitrogens with zero attached hydrogens (tertiary/aromatic N) is 1. The number of aryl methyl sites for hydroxylation is 1. The molecule has 2 heteroatoms. The van der Waals surface area contributed by atoms with Gasteiger partial charge in [-0.05, 0) is 60.0 Å². The molecule has 0 spiro atoms. The van der Waals surface area contributed by atoms with E-state index in [9.17, 15) is 0 Å². The highest BCUT2D eigenvalue weighted by Gasteiger charge is 2.07. The molecule has 1 N–H and O–H groups in total. The van der Waals surface area contributed by atoms with E-state index in [0.717, 1.165) is 11.3 Å². The maximum absolute atomic E-state index is 4.47. The lowest BCUT2D eigenvalue weighted by molar-refractivity contribution is 1.32. The smallest absolute Gasteiger partial charge is 0.0702 e. The number of hydrogen-bond acceptors (Lipinski definition) is 1. The second-order valence-corrected chi connectivity index (χ2v) is 5.55. The van der Waals surface area contributed by atoms with Crippen molar-refractivity contribution in [3.05, 3.63) is 78.6 Å². The van der Waals surface area contributed by atoms with Gasteiger partial charge in [-0.15, -0.1) is 0 Å². The van der Waals surface area contributed by atoms with Gasteiger partial charge < -0.3 is 4.98 Å². The number of rotatable bonds is 2. The summed E-state index contributed by atoms with van der Waals surface area (Å²) < 4.78 is 0. The summed E-state index contributed by atoms with van der Waals surface area (Å²) in [5.41, 5.74) is 7.05. The van der Waals surface area contributed by atoms with Crippen molar-refractivity contribution in [3.8, 4) is 22.4 Å². The van der Waals surface area contributed by atoms with E-state index in [1.807, 2.05) is 24.5 Å². The summed E-state index contributed by atoms with van der Waals surface area (Å²) in [6.45, 7) is 2.13. The van der Waals surface area contributed by atoms with E-state index in [2.05, 4.69) is 65.4 Å². The van der Waals surface area contributed by atoms with Crippen molar-refractivity contribution in [2.75, 3.05) is 0 Å². The topological polar surface area (TPSA) is 28.7 Å². The van der Waals surface area contributed by atoms with Gasteiger partial charge in [0.1, 0.15) is 0 Å². The van der Waals surface area contributed by atoms with Crippen LogP contribution in [0.5, 0.6) is 0 Å². The van der Waals surface area contributed by atoms with Crippen LogP contribution in [0, 0.1) is 6.92 Å². The van der Waals surface area contributed by atoms with E-state index in [0.29, 0.717) is 0 Å². The van der Waals surface area contributed by atoms with Crippen LogP contribution in [0.2, 0.25) is 0 Å². The van der Waals surface area contributed by atoms with Crippen molar-refractivity contribution in [2.24, 2.45) is 0 Å². The average molecular weight is 284 g/mol. The number of pyridine rings is 1. The van der Waals surface area contributed by atoms with Crippen molar-refractivity contribution in [3.63, 3.8) is 0 Å². The van der Waals surface area contributed by atoms with Crippen molar-refractivity contribution in [1.82, 2.24) is 9.97 Å². The number of H-pyrrole nitrogens is 1. The van der Waals surface area contributed by atoms with E-state index in [1.54, 1.807) is 0 Å². The van der Waals surface area contributed by atoms with E-state index in [4.69, 9.17) is 0 Å². The Bertz CT molecular complexity index is 936. The Kier molecular flexibility index (Phi) is 3.01.